The zero-order valence-corrected chi connectivity index (χ0v) is 11.1. The molecule has 0 bridgehead atoms. The molecular formula is C14H11ClN4O. The Bertz CT molecular complexity index is 825. The molecule has 3 rings (SSSR count). The van der Waals surface area contributed by atoms with Crippen LogP contribution in [0.5, 0.6) is 0 Å². The molecule has 0 aliphatic heterocycles. The van der Waals surface area contributed by atoms with Gasteiger partial charge in [-0.05, 0) is 23.8 Å². The third kappa shape index (κ3) is 1.98. The van der Waals surface area contributed by atoms with Crippen LogP contribution >= 0.6 is 11.6 Å². The topological polar surface area (TPSA) is 86.4 Å². The summed E-state index contributed by atoms with van der Waals surface area (Å²) in [5, 5.41) is 4.78. The predicted molar refractivity (Wildman–Crippen MR) is 78.6 cm³/mol. The summed E-state index contributed by atoms with van der Waals surface area (Å²) in [5.74, 6) is -0.594. The molecule has 0 aliphatic carbocycles. The van der Waals surface area contributed by atoms with E-state index in [4.69, 9.17) is 23.1 Å². The van der Waals surface area contributed by atoms with Crippen LogP contribution < -0.4 is 11.5 Å². The Hall–Kier alpha value is -2.53. The van der Waals surface area contributed by atoms with Crippen LogP contribution in [0.3, 0.4) is 0 Å². The number of nitrogens with zero attached hydrogens (tertiary/aromatic N) is 2. The van der Waals surface area contributed by atoms with Gasteiger partial charge in [-0.2, -0.15) is 5.10 Å². The number of hydrogen-bond donors (Lipinski definition) is 2. The molecule has 20 heavy (non-hydrogen) atoms. The number of aromatic nitrogens is 2. The molecule has 100 valence electrons. The summed E-state index contributed by atoms with van der Waals surface area (Å²) < 4.78 is 1.61. The van der Waals surface area contributed by atoms with Crippen molar-refractivity contribution in [1.82, 2.24) is 9.61 Å². The highest BCUT2D eigenvalue weighted by atomic mass is 35.5. The normalized spacial score (nSPS) is 10.8. The van der Waals surface area contributed by atoms with Crippen LogP contribution in [0, 0.1) is 0 Å². The maximum absolute atomic E-state index is 11.3. The van der Waals surface area contributed by atoms with E-state index in [2.05, 4.69) is 5.10 Å². The Balaban J connectivity index is 2.21. The van der Waals surface area contributed by atoms with Crippen molar-refractivity contribution >= 4 is 28.7 Å². The van der Waals surface area contributed by atoms with Crippen molar-refractivity contribution in [3.63, 3.8) is 0 Å². The van der Waals surface area contributed by atoms with Crippen LogP contribution in [-0.2, 0) is 0 Å². The van der Waals surface area contributed by atoms with E-state index in [-0.39, 0.29) is 5.56 Å². The maximum atomic E-state index is 11.3. The zero-order chi connectivity index (χ0) is 14.3. The SMILES string of the molecule is NC(=O)c1cnn2cc(-c3cccc(Cl)c3)cc2c1N. The van der Waals surface area contributed by atoms with Crippen molar-refractivity contribution in [3.05, 3.63) is 53.3 Å². The molecule has 5 nitrogen and oxygen atoms in total. The average molecular weight is 287 g/mol. The lowest BCUT2D eigenvalue weighted by Crippen LogP contribution is -2.15. The summed E-state index contributed by atoms with van der Waals surface area (Å²) in [5.41, 5.74) is 14.2. The fourth-order valence-corrected chi connectivity index (χ4v) is 2.29. The fourth-order valence-electron chi connectivity index (χ4n) is 2.10. The smallest absolute Gasteiger partial charge is 0.252 e. The molecule has 0 atom stereocenters. The lowest BCUT2D eigenvalue weighted by atomic mass is 10.1. The largest absolute Gasteiger partial charge is 0.396 e. The van der Waals surface area contributed by atoms with Gasteiger partial charge in [0.2, 0.25) is 0 Å². The summed E-state index contributed by atoms with van der Waals surface area (Å²) in [7, 11) is 0. The Labute approximate surface area is 119 Å². The average Bonchev–Trinajstić information content (AvgIpc) is 2.83. The van der Waals surface area contributed by atoms with E-state index >= 15 is 0 Å². The van der Waals surface area contributed by atoms with Gasteiger partial charge in [0, 0.05) is 16.8 Å². The second kappa shape index (κ2) is 4.54. The summed E-state index contributed by atoms with van der Waals surface area (Å²) in [6, 6.07) is 9.30. The van der Waals surface area contributed by atoms with Gasteiger partial charge >= 0.3 is 0 Å². The van der Waals surface area contributed by atoms with Crippen LogP contribution in [0.25, 0.3) is 16.6 Å². The molecule has 1 amide bonds. The van der Waals surface area contributed by atoms with Crippen molar-refractivity contribution in [3.8, 4) is 11.1 Å². The van der Waals surface area contributed by atoms with Gasteiger partial charge in [0.25, 0.3) is 5.91 Å². The van der Waals surface area contributed by atoms with Crippen molar-refractivity contribution in [2.24, 2.45) is 5.73 Å². The lowest BCUT2D eigenvalue weighted by Gasteiger charge is -2.02. The van der Waals surface area contributed by atoms with Gasteiger partial charge in [-0.3, -0.25) is 4.79 Å². The molecule has 1 aromatic carbocycles. The molecule has 3 aromatic rings. The number of nitrogen functional groups attached to an aromatic ring is 1. The standard InChI is InChI=1S/C14H11ClN4O/c15-10-3-1-2-8(4-10)9-5-12-13(16)11(14(17)20)6-18-19(12)7-9/h1-7H,16H2,(H2,17,20). The van der Waals surface area contributed by atoms with E-state index in [9.17, 15) is 4.79 Å². The third-order valence-electron chi connectivity index (χ3n) is 3.10. The molecule has 0 saturated carbocycles. The van der Waals surface area contributed by atoms with E-state index in [1.54, 1.807) is 10.6 Å². The van der Waals surface area contributed by atoms with Crippen LogP contribution in [0.15, 0.2) is 42.7 Å². The fraction of sp³-hybridized carbons (Fsp3) is 0. The number of hydrogen-bond acceptors (Lipinski definition) is 3. The van der Waals surface area contributed by atoms with Crippen LogP contribution in [0.4, 0.5) is 5.69 Å². The van der Waals surface area contributed by atoms with E-state index in [0.29, 0.717) is 16.2 Å². The van der Waals surface area contributed by atoms with Crippen LogP contribution in [0.1, 0.15) is 10.4 Å². The van der Waals surface area contributed by atoms with Crippen molar-refractivity contribution < 1.29 is 4.79 Å². The Morgan fingerprint density at radius 3 is 2.75 bits per heavy atom. The van der Waals surface area contributed by atoms with E-state index in [0.717, 1.165) is 11.1 Å². The Morgan fingerprint density at radius 1 is 1.25 bits per heavy atom. The van der Waals surface area contributed by atoms with Gasteiger partial charge in [-0.15, -0.1) is 0 Å². The second-order valence-corrected chi connectivity index (χ2v) is 4.84. The van der Waals surface area contributed by atoms with Gasteiger partial charge in [0.1, 0.15) is 0 Å². The van der Waals surface area contributed by atoms with Crippen molar-refractivity contribution in [2.45, 2.75) is 0 Å². The summed E-state index contributed by atoms with van der Waals surface area (Å²) >= 11 is 5.98. The number of rotatable bonds is 2. The Morgan fingerprint density at radius 2 is 2.05 bits per heavy atom. The van der Waals surface area contributed by atoms with E-state index in [1.807, 2.05) is 30.5 Å². The molecule has 6 heteroatoms. The molecule has 0 aliphatic rings. The summed E-state index contributed by atoms with van der Waals surface area (Å²) in [6.07, 6.45) is 3.19. The molecule has 2 aromatic heterocycles. The van der Waals surface area contributed by atoms with Crippen molar-refractivity contribution in [1.29, 1.82) is 0 Å². The third-order valence-corrected chi connectivity index (χ3v) is 3.34. The minimum Gasteiger partial charge on any atom is -0.396 e. The first-order valence-corrected chi connectivity index (χ1v) is 6.26. The van der Waals surface area contributed by atoms with Gasteiger partial charge in [-0.25, -0.2) is 4.52 Å². The summed E-state index contributed by atoms with van der Waals surface area (Å²) in [6.45, 7) is 0. The van der Waals surface area contributed by atoms with Crippen molar-refractivity contribution in [2.75, 3.05) is 5.73 Å². The maximum Gasteiger partial charge on any atom is 0.252 e. The number of amides is 1. The highest BCUT2D eigenvalue weighted by Crippen LogP contribution is 2.27. The molecule has 4 N–H and O–H groups in total. The minimum atomic E-state index is -0.594. The van der Waals surface area contributed by atoms with Gasteiger partial charge in [0.05, 0.1) is 23.0 Å². The van der Waals surface area contributed by atoms with E-state index < -0.39 is 5.91 Å². The quantitative estimate of drug-likeness (QED) is 0.758. The van der Waals surface area contributed by atoms with Gasteiger partial charge < -0.3 is 11.5 Å². The number of benzene rings is 1. The first-order valence-electron chi connectivity index (χ1n) is 5.89. The van der Waals surface area contributed by atoms with Crippen LogP contribution in [0.2, 0.25) is 5.02 Å². The first kappa shape index (κ1) is 12.5. The highest BCUT2D eigenvalue weighted by molar-refractivity contribution is 6.30. The Kier molecular flexibility index (Phi) is 2.84. The predicted octanol–water partition coefficient (Wildman–Crippen LogP) is 2.34. The molecule has 2 heterocycles. The molecule has 0 saturated heterocycles. The highest BCUT2D eigenvalue weighted by Gasteiger charge is 2.12. The van der Waals surface area contributed by atoms with Gasteiger partial charge in [0.15, 0.2) is 0 Å². The number of carbonyl (C=O) groups is 1. The molecule has 0 radical (unpaired) electrons. The zero-order valence-electron chi connectivity index (χ0n) is 10.4. The van der Waals surface area contributed by atoms with E-state index in [1.165, 1.54) is 6.20 Å². The molecule has 0 spiro atoms. The number of primary amides is 1. The number of nitrogens with two attached hydrogens (primary N) is 2. The number of halogens is 1. The monoisotopic (exact) mass is 286 g/mol. The second-order valence-electron chi connectivity index (χ2n) is 4.41. The first-order chi connectivity index (χ1) is 9.56. The molecule has 0 unspecified atom stereocenters. The number of fused-ring (bicyclic) bond motifs is 1. The molecular weight excluding hydrogens is 276 g/mol. The molecule has 0 fully saturated rings. The number of anilines is 1. The number of carbonyl (C=O) groups excluding carboxylic acids is 1. The lowest BCUT2D eigenvalue weighted by molar-refractivity contribution is 0.100. The minimum absolute atomic E-state index is 0.216. The van der Waals surface area contributed by atoms with Gasteiger partial charge in [-0.1, -0.05) is 23.7 Å². The summed E-state index contributed by atoms with van der Waals surface area (Å²) in [4.78, 5) is 11.3. The van der Waals surface area contributed by atoms with Crippen LogP contribution in [-0.4, -0.2) is 15.5 Å².